The molecule has 4 saturated carbocycles. The van der Waals surface area contributed by atoms with Crippen molar-refractivity contribution in [3.05, 3.63) is 32.7 Å². The molecule has 12 heteroatoms. The summed E-state index contributed by atoms with van der Waals surface area (Å²) < 4.78 is 3.73. The van der Waals surface area contributed by atoms with Gasteiger partial charge in [-0.15, -0.1) is 0 Å². The summed E-state index contributed by atoms with van der Waals surface area (Å²) in [6.07, 6.45) is 9.31. The van der Waals surface area contributed by atoms with Crippen LogP contribution in [0.1, 0.15) is 62.4 Å². The van der Waals surface area contributed by atoms with Gasteiger partial charge in [0.05, 0.1) is 22.5 Å². The molecule has 0 aliphatic heterocycles. The largest absolute Gasteiger partial charge is 0.404 e. The Balaban J connectivity index is 1.40. The molecule has 11 nitrogen and oxygen atoms in total. The quantitative estimate of drug-likeness (QED) is 0.423. The molecule has 4 aliphatic rings. The van der Waals surface area contributed by atoms with Gasteiger partial charge < -0.3 is 21.2 Å². The number of aryl methyl sites for hydroxylation is 1. The van der Waals surface area contributed by atoms with E-state index in [-0.39, 0.29) is 28.4 Å². The van der Waals surface area contributed by atoms with Crippen molar-refractivity contribution < 1.29 is 14.5 Å². The molecule has 4 aliphatic carbocycles. The van der Waals surface area contributed by atoms with Gasteiger partial charge in [-0.05, 0) is 83.6 Å². The maximum Gasteiger partial charge on any atom is 0.404 e. The van der Waals surface area contributed by atoms with Gasteiger partial charge in [0, 0.05) is 19.2 Å². The van der Waals surface area contributed by atoms with E-state index in [4.69, 9.17) is 5.73 Å². The molecule has 4 bridgehead atoms. The van der Waals surface area contributed by atoms with E-state index in [9.17, 15) is 19.7 Å². The Bertz CT molecular complexity index is 1140. The minimum absolute atomic E-state index is 0.0564. The van der Waals surface area contributed by atoms with Gasteiger partial charge in [0.25, 0.3) is 5.91 Å². The summed E-state index contributed by atoms with van der Waals surface area (Å²) in [5, 5.41) is 22.7. The Morgan fingerprint density at radius 2 is 1.97 bits per heavy atom. The van der Waals surface area contributed by atoms with Crippen molar-refractivity contribution in [2.75, 3.05) is 5.32 Å². The molecule has 0 radical (unpaired) electrons. The number of hydrogen-bond acceptors (Lipinski definition) is 6. The lowest BCUT2D eigenvalue weighted by Crippen LogP contribution is -2.57. The van der Waals surface area contributed by atoms with Crippen LogP contribution >= 0.6 is 15.9 Å². The molecule has 0 aromatic carbocycles. The van der Waals surface area contributed by atoms with E-state index in [1.807, 2.05) is 6.92 Å². The number of hydrogen-bond donors (Lipinski definition) is 2. The molecule has 3 N–H and O–H groups in total. The van der Waals surface area contributed by atoms with E-state index in [2.05, 4.69) is 31.4 Å². The van der Waals surface area contributed by atoms with Crippen LogP contribution in [0.5, 0.6) is 0 Å². The van der Waals surface area contributed by atoms with Crippen LogP contribution in [0.3, 0.4) is 0 Å². The van der Waals surface area contributed by atoms with Crippen LogP contribution in [0, 0.1) is 27.4 Å². The van der Waals surface area contributed by atoms with Crippen molar-refractivity contribution in [3.8, 4) is 0 Å². The fraction of sp³-hybridized carbons (Fsp3) is 0.619. The van der Waals surface area contributed by atoms with Crippen molar-refractivity contribution in [2.24, 2.45) is 23.0 Å². The second-order valence-electron chi connectivity index (χ2n) is 10.0. The summed E-state index contributed by atoms with van der Waals surface area (Å²) in [7, 11) is 0. The molecule has 176 valence electrons. The van der Waals surface area contributed by atoms with Gasteiger partial charge in [0.15, 0.2) is 5.69 Å². The third kappa shape index (κ3) is 3.73. The molecule has 6 rings (SSSR count). The molecule has 2 aromatic rings. The number of nitrogens with two attached hydrogens (primary N) is 1. The summed E-state index contributed by atoms with van der Waals surface area (Å²) in [4.78, 5) is 35.8. The lowest BCUT2D eigenvalue weighted by Gasteiger charge is -2.61. The number of nitrogens with one attached hydrogen (secondary N) is 1. The van der Waals surface area contributed by atoms with Crippen LogP contribution in [0.25, 0.3) is 0 Å². The molecule has 4 fully saturated rings. The van der Waals surface area contributed by atoms with Crippen molar-refractivity contribution in [1.82, 2.24) is 19.6 Å². The van der Waals surface area contributed by atoms with Crippen molar-refractivity contribution in [1.29, 1.82) is 0 Å². The Hall–Kier alpha value is -2.76. The third-order valence-electron chi connectivity index (χ3n) is 7.59. The van der Waals surface area contributed by atoms with E-state index < -0.39 is 10.8 Å². The lowest BCUT2D eigenvalue weighted by atomic mass is 9.46. The lowest BCUT2D eigenvalue weighted by molar-refractivity contribution is -0.390. The summed E-state index contributed by atoms with van der Waals surface area (Å²) in [5.41, 5.74) is 5.31. The average Bonchev–Trinajstić information content (AvgIpc) is 3.30. The molecule has 0 spiro atoms. The molecule has 2 heterocycles. The number of aromatic nitrogens is 4. The number of amides is 2. The van der Waals surface area contributed by atoms with Crippen molar-refractivity contribution in [3.63, 3.8) is 0 Å². The van der Waals surface area contributed by atoms with Crippen LogP contribution in [-0.4, -0.2) is 36.3 Å². The van der Waals surface area contributed by atoms with E-state index in [1.54, 1.807) is 21.8 Å². The Labute approximate surface area is 198 Å². The predicted molar refractivity (Wildman–Crippen MR) is 121 cm³/mol. The molecule has 2 atom stereocenters. The number of nitro groups is 1. The number of carbonyl (C=O) groups excluding carboxylic acids is 2. The van der Waals surface area contributed by atoms with Gasteiger partial charge >= 0.3 is 5.82 Å². The number of carbonyl (C=O) groups is 2. The normalized spacial score (nSPS) is 29.9. The van der Waals surface area contributed by atoms with Crippen molar-refractivity contribution in [2.45, 2.75) is 64.0 Å². The molecule has 33 heavy (non-hydrogen) atoms. The zero-order valence-corrected chi connectivity index (χ0v) is 19.9. The topological polar surface area (TPSA) is 151 Å². The minimum Gasteiger partial charge on any atom is -0.364 e. The second kappa shape index (κ2) is 7.64. The Kier molecular flexibility index (Phi) is 5.11. The van der Waals surface area contributed by atoms with Gasteiger partial charge in [0.2, 0.25) is 5.91 Å². The third-order valence-corrected chi connectivity index (χ3v) is 8.15. The van der Waals surface area contributed by atoms with Crippen LogP contribution in [0.15, 0.2) is 16.9 Å². The highest BCUT2D eigenvalue weighted by Gasteiger charge is 2.60. The molecule has 2 amide bonds. The maximum atomic E-state index is 13.1. The van der Waals surface area contributed by atoms with Crippen LogP contribution in [0.2, 0.25) is 0 Å². The Morgan fingerprint density at radius 1 is 1.27 bits per heavy atom. The highest BCUT2D eigenvalue weighted by Crippen LogP contribution is 2.65. The zero-order chi connectivity index (χ0) is 23.5. The maximum absolute atomic E-state index is 13.1. The SMILES string of the molecule is CCn1cc(NC(=O)CC23CC4CC(C2)CC(n2cc(Br)c([N+](=O)[O-])n2)(C4)C3)c(C(N)=O)n1. The predicted octanol–water partition coefficient (Wildman–Crippen LogP) is 3.19. The van der Waals surface area contributed by atoms with E-state index >= 15 is 0 Å². The fourth-order valence-corrected chi connectivity index (χ4v) is 7.40. The van der Waals surface area contributed by atoms with Crippen LogP contribution in [0.4, 0.5) is 11.5 Å². The first-order chi connectivity index (χ1) is 15.6. The molecular weight excluding hydrogens is 494 g/mol. The van der Waals surface area contributed by atoms with Crippen LogP contribution < -0.4 is 11.1 Å². The van der Waals surface area contributed by atoms with Gasteiger partial charge in [0.1, 0.15) is 4.47 Å². The van der Waals surface area contributed by atoms with Crippen LogP contribution in [-0.2, 0) is 16.9 Å². The zero-order valence-electron chi connectivity index (χ0n) is 18.3. The van der Waals surface area contributed by atoms with Gasteiger partial charge in [-0.3, -0.25) is 14.3 Å². The first-order valence-electron chi connectivity index (χ1n) is 11.2. The fourth-order valence-electron chi connectivity index (χ4n) is 6.98. The standard InChI is InChI=1S/C21H26BrN7O4/c1-2-27-10-15(17(25-27)18(23)31)24-16(30)8-20-4-12-3-13(5-20)7-21(6-12,11-20)28-9-14(22)19(26-28)29(32)33/h9-10,12-13H,2-8,11H2,1H3,(H2,23,31)(H,24,30). The molecule has 2 aromatic heterocycles. The average molecular weight is 520 g/mol. The van der Waals surface area contributed by atoms with Gasteiger partial charge in [-0.2, -0.15) is 9.78 Å². The summed E-state index contributed by atoms with van der Waals surface area (Å²) >= 11 is 3.28. The molecular formula is C21H26BrN7O4. The van der Waals surface area contributed by atoms with Gasteiger partial charge in [-0.25, -0.2) is 0 Å². The van der Waals surface area contributed by atoms with E-state index in [0.29, 0.717) is 35.0 Å². The summed E-state index contributed by atoms with van der Waals surface area (Å²) in [6, 6.07) is 0. The summed E-state index contributed by atoms with van der Waals surface area (Å²) in [6.45, 7) is 2.44. The Morgan fingerprint density at radius 3 is 2.55 bits per heavy atom. The monoisotopic (exact) mass is 519 g/mol. The van der Waals surface area contributed by atoms with Gasteiger partial charge in [-0.1, -0.05) is 0 Å². The van der Waals surface area contributed by atoms with E-state index in [1.165, 1.54) is 0 Å². The van der Waals surface area contributed by atoms with E-state index in [0.717, 1.165) is 38.5 Å². The second-order valence-corrected chi connectivity index (χ2v) is 10.9. The number of anilines is 1. The summed E-state index contributed by atoms with van der Waals surface area (Å²) in [5.74, 6) is -0.102. The minimum atomic E-state index is -0.683. The molecule has 0 saturated heterocycles. The highest BCUT2D eigenvalue weighted by atomic mass is 79.9. The highest BCUT2D eigenvalue weighted by molar-refractivity contribution is 9.10. The van der Waals surface area contributed by atoms with Crippen molar-refractivity contribution >= 4 is 39.2 Å². The molecule has 2 unspecified atom stereocenters. The number of nitrogens with zero attached hydrogens (tertiary/aromatic N) is 5. The number of primary amides is 1. The smallest absolute Gasteiger partial charge is 0.364 e. The first kappa shape index (κ1) is 22.1. The number of halogens is 1. The first-order valence-corrected chi connectivity index (χ1v) is 12.0. The number of rotatable bonds is 7.